The molecule has 0 N–H and O–H groups in total. The fraction of sp³-hybridized carbons (Fsp3) is 0.909. The molecule has 0 aliphatic heterocycles. The number of rotatable bonds is 3. The van der Waals surface area contributed by atoms with Gasteiger partial charge in [-0.05, 0) is 11.8 Å². The van der Waals surface area contributed by atoms with Gasteiger partial charge in [0.25, 0.3) is 0 Å². The van der Waals surface area contributed by atoms with Crippen molar-refractivity contribution in [3.63, 3.8) is 0 Å². The van der Waals surface area contributed by atoms with E-state index in [1.165, 1.54) is 11.8 Å². The van der Waals surface area contributed by atoms with Crippen molar-refractivity contribution in [3.05, 3.63) is 0 Å². The molecule has 0 heterocycles. The standard InChI is InChI=1S/C11H22OS/c1-7-11(5,6)9(12)13-8-10(2,3)4/h7-8H2,1-6H3. The summed E-state index contributed by atoms with van der Waals surface area (Å²) in [5, 5.41) is 0.324. The predicted molar refractivity (Wildman–Crippen MR) is 61.0 cm³/mol. The highest BCUT2D eigenvalue weighted by Gasteiger charge is 2.26. The topological polar surface area (TPSA) is 17.1 Å². The minimum Gasteiger partial charge on any atom is -0.287 e. The zero-order chi connectivity index (χ0) is 10.7. The Morgan fingerprint density at radius 3 is 1.92 bits per heavy atom. The van der Waals surface area contributed by atoms with Crippen LogP contribution < -0.4 is 0 Å². The molecule has 13 heavy (non-hydrogen) atoms. The Kier molecular flexibility index (Phi) is 4.50. The second kappa shape index (κ2) is 4.50. The summed E-state index contributed by atoms with van der Waals surface area (Å²) in [5.74, 6) is 0.912. The molecule has 0 radical (unpaired) electrons. The van der Waals surface area contributed by atoms with Gasteiger partial charge in [-0.15, -0.1) is 0 Å². The Morgan fingerprint density at radius 1 is 1.15 bits per heavy atom. The van der Waals surface area contributed by atoms with Crippen LogP contribution in [0, 0.1) is 10.8 Å². The lowest BCUT2D eigenvalue weighted by Gasteiger charge is -2.23. The molecule has 1 nitrogen and oxygen atoms in total. The highest BCUT2D eigenvalue weighted by molar-refractivity contribution is 8.13. The number of carbonyl (C=O) groups is 1. The van der Waals surface area contributed by atoms with Gasteiger partial charge in [0.2, 0.25) is 0 Å². The maximum Gasteiger partial charge on any atom is 0.194 e. The molecule has 0 aromatic rings. The summed E-state index contributed by atoms with van der Waals surface area (Å²) in [7, 11) is 0. The van der Waals surface area contributed by atoms with Crippen LogP contribution in [-0.4, -0.2) is 10.9 Å². The molecule has 0 aliphatic rings. The van der Waals surface area contributed by atoms with Gasteiger partial charge in [0.15, 0.2) is 5.12 Å². The molecule has 0 saturated heterocycles. The van der Waals surface area contributed by atoms with Gasteiger partial charge in [-0.25, -0.2) is 0 Å². The lowest BCUT2D eigenvalue weighted by Crippen LogP contribution is -2.22. The Bertz CT molecular complexity index is 177. The van der Waals surface area contributed by atoms with Crippen molar-refractivity contribution in [2.24, 2.45) is 10.8 Å². The lowest BCUT2D eigenvalue weighted by molar-refractivity contribution is -0.118. The molecule has 0 aromatic carbocycles. The van der Waals surface area contributed by atoms with Crippen molar-refractivity contribution in [3.8, 4) is 0 Å². The number of thioether (sulfide) groups is 1. The molecule has 78 valence electrons. The third-order valence-electron chi connectivity index (χ3n) is 2.07. The summed E-state index contributed by atoms with van der Waals surface area (Å²) >= 11 is 1.48. The largest absolute Gasteiger partial charge is 0.287 e. The fourth-order valence-corrected chi connectivity index (χ4v) is 1.72. The van der Waals surface area contributed by atoms with E-state index in [0.717, 1.165) is 12.2 Å². The molecular formula is C11H22OS. The van der Waals surface area contributed by atoms with Crippen LogP contribution in [0.25, 0.3) is 0 Å². The summed E-state index contributed by atoms with van der Waals surface area (Å²) in [6.07, 6.45) is 0.920. The van der Waals surface area contributed by atoms with Gasteiger partial charge < -0.3 is 0 Å². The average Bonchev–Trinajstić information content (AvgIpc) is 1.98. The monoisotopic (exact) mass is 202 g/mol. The van der Waals surface area contributed by atoms with E-state index < -0.39 is 0 Å². The highest BCUT2D eigenvalue weighted by atomic mass is 32.2. The quantitative estimate of drug-likeness (QED) is 0.693. The first-order valence-corrected chi connectivity index (χ1v) is 5.85. The van der Waals surface area contributed by atoms with Gasteiger partial charge in [0.1, 0.15) is 0 Å². The van der Waals surface area contributed by atoms with Crippen LogP contribution >= 0.6 is 11.8 Å². The van der Waals surface area contributed by atoms with Crippen LogP contribution in [-0.2, 0) is 4.79 Å². The zero-order valence-electron chi connectivity index (χ0n) is 9.73. The van der Waals surface area contributed by atoms with Crippen LogP contribution in [0.15, 0.2) is 0 Å². The summed E-state index contributed by atoms with van der Waals surface area (Å²) in [5.41, 5.74) is 0.0834. The van der Waals surface area contributed by atoms with Crippen molar-refractivity contribution in [1.29, 1.82) is 0 Å². The summed E-state index contributed by atoms with van der Waals surface area (Å²) in [4.78, 5) is 11.7. The van der Waals surface area contributed by atoms with Crippen LogP contribution in [0.1, 0.15) is 48.0 Å². The normalized spacial score (nSPS) is 13.1. The molecule has 2 heteroatoms. The number of hydrogen-bond acceptors (Lipinski definition) is 2. The molecule has 0 fully saturated rings. The smallest absolute Gasteiger partial charge is 0.194 e. The average molecular weight is 202 g/mol. The van der Waals surface area contributed by atoms with Gasteiger partial charge in [0.05, 0.1) is 0 Å². The number of hydrogen-bond donors (Lipinski definition) is 0. The molecule has 0 bridgehead atoms. The third-order valence-corrected chi connectivity index (χ3v) is 3.90. The minimum absolute atomic E-state index is 0.157. The lowest BCUT2D eigenvalue weighted by atomic mass is 9.92. The minimum atomic E-state index is -0.157. The highest BCUT2D eigenvalue weighted by Crippen LogP contribution is 2.30. The molecule has 0 saturated carbocycles. The summed E-state index contributed by atoms with van der Waals surface area (Å²) < 4.78 is 0. The van der Waals surface area contributed by atoms with Crippen LogP contribution in [0.5, 0.6) is 0 Å². The molecule has 0 atom stereocenters. The molecule has 0 spiro atoms. The Morgan fingerprint density at radius 2 is 1.62 bits per heavy atom. The first kappa shape index (κ1) is 13.0. The van der Waals surface area contributed by atoms with E-state index in [-0.39, 0.29) is 10.8 Å². The van der Waals surface area contributed by atoms with Crippen molar-refractivity contribution < 1.29 is 4.79 Å². The van der Waals surface area contributed by atoms with Gasteiger partial charge >= 0.3 is 0 Å². The van der Waals surface area contributed by atoms with Crippen molar-refractivity contribution in [2.45, 2.75) is 48.0 Å². The molecule has 0 rings (SSSR count). The van der Waals surface area contributed by atoms with E-state index in [9.17, 15) is 4.79 Å². The Balaban J connectivity index is 4.03. The number of carbonyl (C=O) groups excluding carboxylic acids is 1. The van der Waals surface area contributed by atoms with Gasteiger partial charge in [0, 0.05) is 11.2 Å². The molecule has 0 aromatic heterocycles. The summed E-state index contributed by atoms with van der Waals surface area (Å²) in [6, 6.07) is 0. The van der Waals surface area contributed by atoms with Crippen LogP contribution in [0.2, 0.25) is 0 Å². The maximum absolute atomic E-state index is 11.7. The molecule has 0 unspecified atom stereocenters. The maximum atomic E-state index is 11.7. The van der Waals surface area contributed by atoms with Crippen molar-refractivity contribution >= 4 is 16.9 Å². The van der Waals surface area contributed by atoms with E-state index in [0.29, 0.717) is 5.12 Å². The SMILES string of the molecule is CCC(C)(C)C(=O)SCC(C)(C)C. The molecule has 0 amide bonds. The second-order valence-electron chi connectivity index (χ2n) is 5.37. The van der Waals surface area contributed by atoms with E-state index in [4.69, 9.17) is 0 Å². The van der Waals surface area contributed by atoms with E-state index in [2.05, 4.69) is 27.7 Å². The van der Waals surface area contributed by atoms with Gasteiger partial charge in [-0.1, -0.05) is 53.3 Å². The first-order chi connectivity index (χ1) is 5.69. The van der Waals surface area contributed by atoms with Crippen LogP contribution in [0.4, 0.5) is 0 Å². The fourth-order valence-electron chi connectivity index (χ4n) is 0.622. The predicted octanol–water partition coefficient (Wildman–Crippen LogP) is 3.73. The van der Waals surface area contributed by atoms with Crippen molar-refractivity contribution in [1.82, 2.24) is 0 Å². The molecule has 0 aliphatic carbocycles. The van der Waals surface area contributed by atoms with E-state index >= 15 is 0 Å². The van der Waals surface area contributed by atoms with Crippen LogP contribution in [0.3, 0.4) is 0 Å². The first-order valence-electron chi connectivity index (χ1n) is 4.86. The Hall–Kier alpha value is 0.0200. The third kappa shape index (κ3) is 5.35. The van der Waals surface area contributed by atoms with E-state index in [1.807, 2.05) is 13.8 Å². The zero-order valence-corrected chi connectivity index (χ0v) is 10.5. The van der Waals surface area contributed by atoms with E-state index in [1.54, 1.807) is 0 Å². The van der Waals surface area contributed by atoms with Crippen molar-refractivity contribution in [2.75, 3.05) is 5.75 Å². The Labute approximate surface area is 86.7 Å². The van der Waals surface area contributed by atoms with Gasteiger partial charge in [-0.2, -0.15) is 0 Å². The molecular weight excluding hydrogens is 180 g/mol. The van der Waals surface area contributed by atoms with Gasteiger partial charge in [-0.3, -0.25) is 4.79 Å². The summed E-state index contributed by atoms with van der Waals surface area (Å²) in [6.45, 7) is 12.6. The second-order valence-corrected chi connectivity index (χ2v) is 6.32.